The van der Waals surface area contributed by atoms with Gasteiger partial charge in [-0.1, -0.05) is 62.9 Å². The first-order valence-corrected chi connectivity index (χ1v) is 8.38. The second-order valence-electron chi connectivity index (χ2n) is 6.06. The quantitative estimate of drug-likeness (QED) is 0.730. The van der Waals surface area contributed by atoms with Crippen LogP contribution < -0.4 is 5.32 Å². The summed E-state index contributed by atoms with van der Waals surface area (Å²) in [6.45, 7) is 7.15. The van der Waals surface area contributed by atoms with Crippen LogP contribution in [0.3, 0.4) is 0 Å². The van der Waals surface area contributed by atoms with E-state index < -0.39 is 0 Å². The molecule has 1 unspecified atom stereocenters. The predicted molar refractivity (Wildman–Crippen MR) is 87.1 cm³/mol. The summed E-state index contributed by atoms with van der Waals surface area (Å²) in [5, 5.41) is 3.67. The monoisotopic (exact) mass is 274 g/mol. The van der Waals surface area contributed by atoms with Crippen molar-refractivity contribution in [1.82, 2.24) is 10.2 Å². The zero-order valence-electron chi connectivity index (χ0n) is 13.0. The van der Waals surface area contributed by atoms with Crippen molar-refractivity contribution in [3.63, 3.8) is 0 Å². The van der Waals surface area contributed by atoms with Gasteiger partial charge in [0.15, 0.2) is 0 Å². The van der Waals surface area contributed by atoms with Gasteiger partial charge in [0.1, 0.15) is 0 Å². The van der Waals surface area contributed by atoms with Crippen molar-refractivity contribution in [2.45, 2.75) is 51.5 Å². The van der Waals surface area contributed by atoms with Crippen LogP contribution in [0.25, 0.3) is 0 Å². The zero-order valence-corrected chi connectivity index (χ0v) is 13.0. The third kappa shape index (κ3) is 5.64. The lowest BCUT2D eigenvalue weighted by atomic mass is 10.0. The lowest BCUT2D eigenvalue weighted by molar-refractivity contribution is 0.195. The highest BCUT2D eigenvalue weighted by atomic mass is 15.2. The minimum absolute atomic E-state index is 0.627. The Morgan fingerprint density at radius 1 is 1.10 bits per heavy atom. The molecule has 1 aromatic carbocycles. The minimum atomic E-state index is 0.627. The molecule has 0 aliphatic carbocycles. The smallest absolute Gasteiger partial charge is 0.0235 e. The van der Waals surface area contributed by atoms with Gasteiger partial charge in [0.2, 0.25) is 0 Å². The van der Waals surface area contributed by atoms with Gasteiger partial charge in [-0.2, -0.15) is 0 Å². The molecule has 20 heavy (non-hydrogen) atoms. The first kappa shape index (κ1) is 15.5. The van der Waals surface area contributed by atoms with Crippen LogP contribution in [0.1, 0.15) is 44.6 Å². The second-order valence-corrected chi connectivity index (χ2v) is 6.06. The molecule has 1 aromatic rings. The summed E-state index contributed by atoms with van der Waals surface area (Å²) in [6, 6.07) is 11.5. The van der Waals surface area contributed by atoms with Crippen molar-refractivity contribution < 1.29 is 0 Å². The van der Waals surface area contributed by atoms with Gasteiger partial charge in [0, 0.05) is 25.7 Å². The van der Waals surface area contributed by atoms with Crippen LogP contribution in [0.4, 0.5) is 0 Å². The average molecular weight is 274 g/mol. The molecule has 2 rings (SSSR count). The van der Waals surface area contributed by atoms with Crippen molar-refractivity contribution in [3.8, 4) is 0 Å². The van der Waals surface area contributed by atoms with Crippen LogP contribution in [-0.4, -0.2) is 37.1 Å². The van der Waals surface area contributed by atoms with Gasteiger partial charge in [0.25, 0.3) is 0 Å². The molecule has 1 aliphatic heterocycles. The number of unbranched alkanes of at least 4 members (excludes halogenated alkanes) is 4. The van der Waals surface area contributed by atoms with E-state index in [0.717, 1.165) is 13.0 Å². The van der Waals surface area contributed by atoms with Crippen molar-refractivity contribution in [3.05, 3.63) is 35.9 Å². The number of benzene rings is 1. The predicted octanol–water partition coefficient (Wildman–Crippen LogP) is 3.47. The van der Waals surface area contributed by atoms with Gasteiger partial charge in [0.05, 0.1) is 0 Å². The summed E-state index contributed by atoms with van der Waals surface area (Å²) < 4.78 is 0. The molecule has 112 valence electrons. The Morgan fingerprint density at radius 2 is 1.90 bits per heavy atom. The van der Waals surface area contributed by atoms with Crippen molar-refractivity contribution in [2.24, 2.45) is 0 Å². The lowest BCUT2D eigenvalue weighted by Gasteiger charge is -2.33. The van der Waals surface area contributed by atoms with E-state index in [9.17, 15) is 0 Å². The average Bonchev–Trinajstić information content (AvgIpc) is 2.48. The van der Waals surface area contributed by atoms with Gasteiger partial charge >= 0.3 is 0 Å². The van der Waals surface area contributed by atoms with E-state index in [1.165, 1.54) is 57.3 Å². The minimum Gasteiger partial charge on any atom is -0.311 e. The molecule has 2 heteroatoms. The van der Waals surface area contributed by atoms with Crippen LogP contribution in [0.5, 0.6) is 0 Å². The highest BCUT2D eigenvalue weighted by molar-refractivity contribution is 5.16. The molecule has 0 bridgehead atoms. The van der Waals surface area contributed by atoms with Crippen molar-refractivity contribution in [2.75, 3.05) is 26.2 Å². The van der Waals surface area contributed by atoms with Gasteiger partial charge in [-0.3, -0.25) is 0 Å². The van der Waals surface area contributed by atoms with Gasteiger partial charge < -0.3 is 10.2 Å². The molecule has 1 N–H and O–H groups in total. The highest BCUT2D eigenvalue weighted by Crippen LogP contribution is 2.09. The molecule has 0 aromatic heterocycles. The van der Waals surface area contributed by atoms with Crippen LogP contribution in [0.2, 0.25) is 0 Å². The molecule has 2 nitrogen and oxygen atoms in total. The number of piperazine rings is 1. The summed E-state index contributed by atoms with van der Waals surface area (Å²) in [6.07, 6.45) is 8.09. The SMILES string of the molecule is CCCCCCCN1CCNC(Cc2ccccc2)C1. The van der Waals surface area contributed by atoms with Crippen LogP contribution in [-0.2, 0) is 6.42 Å². The standard InChI is InChI=1S/C18H30N2/c1-2-3-4-5-9-13-20-14-12-19-18(16-20)15-17-10-7-6-8-11-17/h6-8,10-11,18-19H,2-5,9,12-16H2,1H3. The van der Waals surface area contributed by atoms with E-state index in [4.69, 9.17) is 0 Å². The van der Waals surface area contributed by atoms with Gasteiger partial charge in [-0.25, -0.2) is 0 Å². The molecule has 1 fully saturated rings. The highest BCUT2D eigenvalue weighted by Gasteiger charge is 2.18. The molecule has 0 spiro atoms. The van der Waals surface area contributed by atoms with Crippen molar-refractivity contribution >= 4 is 0 Å². The Labute approximate surface area is 124 Å². The summed E-state index contributed by atoms with van der Waals surface area (Å²) in [5.41, 5.74) is 1.45. The summed E-state index contributed by atoms with van der Waals surface area (Å²) in [7, 11) is 0. The molecule has 0 saturated carbocycles. The Bertz CT molecular complexity index is 350. The number of rotatable bonds is 8. The largest absolute Gasteiger partial charge is 0.311 e. The normalized spacial score (nSPS) is 20.1. The second kappa shape index (κ2) is 9.15. The topological polar surface area (TPSA) is 15.3 Å². The number of nitrogens with zero attached hydrogens (tertiary/aromatic N) is 1. The summed E-state index contributed by atoms with van der Waals surface area (Å²) >= 11 is 0. The fourth-order valence-corrected chi connectivity index (χ4v) is 3.07. The number of nitrogens with one attached hydrogen (secondary N) is 1. The first-order chi connectivity index (χ1) is 9.88. The Kier molecular flexibility index (Phi) is 7.10. The van der Waals surface area contributed by atoms with E-state index in [-0.39, 0.29) is 0 Å². The number of hydrogen-bond acceptors (Lipinski definition) is 2. The molecule has 1 atom stereocenters. The third-order valence-electron chi connectivity index (χ3n) is 4.24. The van der Waals surface area contributed by atoms with Crippen molar-refractivity contribution in [1.29, 1.82) is 0 Å². The van der Waals surface area contributed by atoms with E-state index >= 15 is 0 Å². The van der Waals surface area contributed by atoms with E-state index in [1.807, 2.05) is 0 Å². The third-order valence-corrected chi connectivity index (χ3v) is 4.24. The summed E-state index contributed by atoms with van der Waals surface area (Å²) in [4.78, 5) is 2.65. The molecule has 1 saturated heterocycles. The maximum Gasteiger partial charge on any atom is 0.0235 e. The first-order valence-electron chi connectivity index (χ1n) is 8.38. The zero-order chi connectivity index (χ0) is 14.0. The fourth-order valence-electron chi connectivity index (χ4n) is 3.07. The van der Waals surface area contributed by atoms with E-state index in [2.05, 4.69) is 47.5 Å². The molecular formula is C18H30N2. The van der Waals surface area contributed by atoms with Gasteiger partial charge in [-0.15, -0.1) is 0 Å². The number of hydrogen-bond donors (Lipinski definition) is 1. The maximum atomic E-state index is 3.67. The van der Waals surface area contributed by atoms with E-state index in [0.29, 0.717) is 6.04 Å². The Morgan fingerprint density at radius 3 is 2.70 bits per heavy atom. The lowest BCUT2D eigenvalue weighted by Crippen LogP contribution is -2.51. The summed E-state index contributed by atoms with van der Waals surface area (Å²) in [5.74, 6) is 0. The van der Waals surface area contributed by atoms with Crippen LogP contribution in [0.15, 0.2) is 30.3 Å². The Balaban J connectivity index is 1.66. The molecular weight excluding hydrogens is 244 g/mol. The Hall–Kier alpha value is -0.860. The van der Waals surface area contributed by atoms with E-state index in [1.54, 1.807) is 0 Å². The molecule has 1 heterocycles. The maximum absolute atomic E-state index is 3.67. The van der Waals surface area contributed by atoms with Crippen LogP contribution in [0, 0.1) is 0 Å². The van der Waals surface area contributed by atoms with Crippen LogP contribution >= 0.6 is 0 Å². The molecule has 0 radical (unpaired) electrons. The molecule has 0 amide bonds. The van der Waals surface area contributed by atoms with Gasteiger partial charge in [-0.05, 0) is 24.9 Å². The fraction of sp³-hybridized carbons (Fsp3) is 0.667. The molecule has 1 aliphatic rings.